The first-order valence-electron chi connectivity index (χ1n) is 6.58. The molecule has 21 heavy (non-hydrogen) atoms. The molecule has 0 heterocycles. The fourth-order valence-corrected chi connectivity index (χ4v) is 2.78. The number of hydrogen-bond donors (Lipinski definition) is 1. The summed E-state index contributed by atoms with van der Waals surface area (Å²) in [4.78, 5) is 0. The van der Waals surface area contributed by atoms with E-state index in [4.69, 9.17) is 11.6 Å². The molecule has 0 aromatic heterocycles. The first-order chi connectivity index (χ1) is 9.93. The van der Waals surface area contributed by atoms with Crippen LogP contribution in [0.15, 0.2) is 34.8 Å². The molecule has 1 nitrogen and oxygen atoms in total. The van der Waals surface area contributed by atoms with Gasteiger partial charge in [-0.1, -0.05) is 30.7 Å². The van der Waals surface area contributed by atoms with Crippen molar-refractivity contribution in [3.63, 3.8) is 0 Å². The van der Waals surface area contributed by atoms with E-state index in [1.165, 1.54) is 12.1 Å². The van der Waals surface area contributed by atoms with E-state index >= 15 is 0 Å². The monoisotopic (exact) mass is 373 g/mol. The average Bonchev–Trinajstić information content (AvgIpc) is 2.42. The second kappa shape index (κ2) is 6.86. The second-order valence-electron chi connectivity index (χ2n) is 4.82. The van der Waals surface area contributed by atoms with Gasteiger partial charge < -0.3 is 5.32 Å². The number of halogens is 4. The van der Waals surface area contributed by atoms with E-state index < -0.39 is 11.9 Å². The molecule has 0 saturated heterocycles. The minimum Gasteiger partial charge on any atom is -0.306 e. The Kier molecular flexibility index (Phi) is 5.36. The molecule has 1 N–H and O–H groups in total. The first-order valence-corrected chi connectivity index (χ1v) is 7.75. The maximum atomic E-state index is 14.4. The van der Waals surface area contributed by atoms with Crippen LogP contribution in [0.3, 0.4) is 0 Å². The van der Waals surface area contributed by atoms with Crippen LogP contribution in [0, 0.1) is 18.6 Å². The molecule has 0 radical (unpaired) electrons. The molecular weight excluding hydrogens is 360 g/mol. The molecule has 0 bridgehead atoms. The summed E-state index contributed by atoms with van der Waals surface area (Å²) in [5, 5.41) is 3.21. The zero-order chi connectivity index (χ0) is 15.6. The number of hydrogen-bond acceptors (Lipinski definition) is 1. The average molecular weight is 375 g/mol. The number of nitrogens with one attached hydrogen (secondary N) is 1. The van der Waals surface area contributed by atoms with E-state index in [0.717, 1.165) is 5.56 Å². The summed E-state index contributed by atoms with van der Waals surface area (Å²) in [5.41, 5.74) is 1.86. The van der Waals surface area contributed by atoms with Crippen molar-refractivity contribution >= 4 is 27.5 Å². The maximum absolute atomic E-state index is 14.4. The standard InChI is InChI=1S/C16H15BrClF2N/c1-3-21-16(10-6-9(2)7-11(19)8-10)12-4-5-13(17)14(18)15(12)20/h4-8,16,21H,3H2,1-2H3. The minimum absolute atomic E-state index is 0.0310. The predicted octanol–water partition coefficient (Wildman–Crippen LogP) is 5.39. The van der Waals surface area contributed by atoms with Gasteiger partial charge in [0.25, 0.3) is 0 Å². The molecule has 0 saturated carbocycles. The van der Waals surface area contributed by atoms with E-state index in [0.29, 0.717) is 22.1 Å². The minimum atomic E-state index is -0.501. The van der Waals surface area contributed by atoms with Crippen LogP contribution in [0.5, 0.6) is 0 Å². The van der Waals surface area contributed by atoms with Crippen LogP contribution in [0.2, 0.25) is 5.02 Å². The predicted molar refractivity (Wildman–Crippen MR) is 85.8 cm³/mol. The molecule has 5 heteroatoms. The molecule has 0 fully saturated rings. The van der Waals surface area contributed by atoms with Gasteiger partial charge in [0, 0.05) is 10.0 Å². The highest BCUT2D eigenvalue weighted by Gasteiger charge is 2.20. The van der Waals surface area contributed by atoms with Crippen LogP contribution in [-0.2, 0) is 0 Å². The van der Waals surface area contributed by atoms with Gasteiger partial charge in [0.2, 0.25) is 0 Å². The SMILES string of the molecule is CCNC(c1cc(C)cc(F)c1)c1ccc(Br)c(Cl)c1F. The molecule has 2 aromatic rings. The summed E-state index contributed by atoms with van der Waals surface area (Å²) in [7, 11) is 0. The zero-order valence-electron chi connectivity index (χ0n) is 11.7. The molecule has 2 aromatic carbocycles. The lowest BCUT2D eigenvalue weighted by molar-refractivity contribution is 0.554. The van der Waals surface area contributed by atoms with Crippen LogP contribution in [0.25, 0.3) is 0 Å². The van der Waals surface area contributed by atoms with Gasteiger partial charge in [-0.25, -0.2) is 8.78 Å². The summed E-state index contributed by atoms with van der Waals surface area (Å²) >= 11 is 9.15. The Labute approximate surface area is 136 Å². The Morgan fingerprint density at radius 3 is 2.57 bits per heavy atom. The third kappa shape index (κ3) is 3.62. The van der Waals surface area contributed by atoms with Crippen LogP contribution in [-0.4, -0.2) is 6.54 Å². The fraction of sp³-hybridized carbons (Fsp3) is 0.250. The third-order valence-electron chi connectivity index (χ3n) is 3.18. The highest BCUT2D eigenvalue weighted by molar-refractivity contribution is 9.10. The Hall–Kier alpha value is -0.970. The molecule has 112 valence electrons. The van der Waals surface area contributed by atoms with Crippen LogP contribution < -0.4 is 5.32 Å². The molecule has 0 spiro atoms. The van der Waals surface area contributed by atoms with Gasteiger partial charge in [-0.15, -0.1) is 0 Å². The summed E-state index contributed by atoms with van der Waals surface area (Å²) in [6.07, 6.45) is 0. The smallest absolute Gasteiger partial charge is 0.148 e. The number of rotatable bonds is 4. The lowest BCUT2D eigenvalue weighted by atomic mass is 9.96. The van der Waals surface area contributed by atoms with E-state index in [1.807, 2.05) is 13.0 Å². The summed E-state index contributed by atoms with van der Waals surface area (Å²) in [6, 6.07) is 7.59. The van der Waals surface area contributed by atoms with E-state index in [1.54, 1.807) is 19.1 Å². The van der Waals surface area contributed by atoms with Crippen LogP contribution in [0.4, 0.5) is 8.78 Å². The largest absolute Gasteiger partial charge is 0.306 e. The van der Waals surface area contributed by atoms with E-state index in [-0.39, 0.29) is 10.8 Å². The normalized spacial score (nSPS) is 12.5. The highest BCUT2D eigenvalue weighted by atomic mass is 79.9. The van der Waals surface area contributed by atoms with Crippen molar-refractivity contribution in [3.8, 4) is 0 Å². The second-order valence-corrected chi connectivity index (χ2v) is 6.05. The van der Waals surface area contributed by atoms with Crippen LogP contribution >= 0.6 is 27.5 Å². The first kappa shape index (κ1) is 16.4. The Morgan fingerprint density at radius 2 is 1.95 bits per heavy atom. The van der Waals surface area contributed by atoms with Gasteiger partial charge in [0.1, 0.15) is 11.6 Å². The zero-order valence-corrected chi connectivity index (χ0v) is 14.0. The van der Waals surface area contributed by atoms with Gasteiger partial charge in [0.15, 0.2) is 0 Å². The topological polar surface area (TPSA) is 12.0 Å². The maximum Gasteiger partial charge on any atom is 0.148 e. The van der Waals surface area contributed by atoms with Crippen LogP contribution in [0.1, 0.15) is 29.7 Å². The fourth-order valence-electron chi connectivity index (χ4n) is 2.31. The highest BCUT2D eigenvalue weighted by Crippen LogP contribution is 2.33. The van der Waals surface area contributed by atoms with Crippen molar-refractivity contribution in [2.45, 2.75) is 19.9 Å². The van der Waals surface area contributed by atoms with E-state index in [2.05, 4.69) is 21.2 Å². The lowest BCUT2D eigenvalue weighted by Gasteiger charge is -2.21. The molecule has 0 aliphatic rings. The summed E-state index contributed by atoms with van der Waals surface area (Å²) in [5.74, 6) is -0.838. The van der Waals surface area contributed by atoms with E-state index in [9.17, 15) is 8.78 Å². The van der Waals surface area contributed by atoms with Gasteiger partial charge in [-0.3, -0.25) is 0 Å². The van der Waals surface area contributed by atoms with Gasteiger partial charge in [0.05, 0.1) is 11.1 Å². The van der Waals surface area contributed by atoms with Crippen molar-refractivity contribution in [1.82, 2.24) is 5.32 Å². The molecule has 0 aliphatic carbocycles. The Morgan fingerprint density at radius 1 is 1.24 bits per heavy atom. The summed E-state index contributed by atoms with van der Waals surface area (Å²) in [6.45, 7) is 4.34. The summed E-state index contributed by atoms with van der Waals surface area (Å²) < 4.78 is 28.6. The Bertz CT molecular complexity index is 641. The van der Waals surface area contributed by atoms with Crippen molar-refractivity contribution in [3.05, 3.63) is 68.2 Å². The molecule has 2 rings (SSSR count). The van der Waals surface area contributed by atoms with Crippen molar-refractivity contribution in [2.75, 3.05) is 6.54 Å². The lowest BCUT2D eigenvalue weighted by Crippen LogP contribution is -2.23. The number of benzene rings is 2. The van der Waals surface area contributed by atoms with Gasteiger partial charge in [-0.2, -0.15) is 0 Å². The van der Waals surface area contributed by atoms with Crippen molar-refractivity contribution < 1.29 is 8.78 Å². The van der Waals surface area contributed by atoms with Gasteiger partial charge >= 0.3 is 0 Å². The van der Waals surface area contributed by atoms with Crippen molar-refractivity contribution in [2.24, 2.45) is 0 Å². The number of aryl methyl sites for hydroxylation is 1. The molecule has 1 atom stereocenters. The third-order valence-corrected chi connectivity index (χ3v) is 4.44. The quantitative estimate of drug-likeness (QED) is 0.708. The Balaban J connectivity index is 2.56. The molecule has 1 unspecified atom stereocenters. The van der Waals surface area contributed by atoms with Gasteiger partial charge in [-0.05, 0) is 58.7 Å². The molecule has 0 aliphatic heterocycles. The molecular formula is C16H15BrClF2N. The molecule has 0 amide bonds. The van der Waals surface area contributed by atoms with Crippen molar-refractivity contribution in [1.29, 1.82) is 0 Å².